The molecule has 0 heterocycles. The molecular formula is C22H29FeNO-6. The van der Waals surface area contributed by atoms with Crippen LogP contribution in [0.4, 0.5) is 0 Å². The number of aryl methyl sites for hydroxylation is 1. The molecule has 0 aliphatic carbocycles. The quantitative estimate of drug-likeness (QED) is 0.333. The van der Waals surface area contributed by atoms with Crippen LogP contribution in [0.5, 0.6) is 0 Å². The van der Waals surface area contributed by atoms with Crippen molar-refractivity contribution in [1.82, 2.24) is 5.06 Å². The van der Waals surface area contributed by atoms with E-state index in [9.17, 15) is 0 Å². The van der Waals surface area contributed by atoms with Gasteiger partial charge in [0.15, 0.2) is 0 Å². The van der Waals surface area contributed by atoms with E-state index in [-0.39, 0.29) is 17.1 Å². The molecular weight excluding hydrogens is 350 g/mol. The Bertz CT molecular complexity index is 559. The minimum Gasteiger partial charge on any atom is -0.748 e. The van der Waals surface area contributed by atoms with E-state index in [1.807, 2.05) is 49.5 Å². The van der Waals surface area contributed by atoms with Gasteiger partial charge in [-0.25, -0.2) is 17.2 Å². The Morgan fingerprint density at radius 3 is 1.88 bits per heavy atom. The van der Waals surface area contributed by atoms with Crippen LogP contribution in [-0.4, -0.2) is 19.2 Å². The molecule has 0 fully saturated rings. The Morgan fingerprint density at radius 2 is 1.44 bits per heavy atom. The molecule has 3 rings (SSSR count). The van der Waals surface area contributed by atoms with Gasteiger partial charge in [-0.15, -0.1) is 5.56 Å². The van der Waals surface area contributed by atoms with Crippen LogP contribution in [0.1, 0.15) is 24.5 Å². The van der Waals surface area contributed by atoms with E-state index in [4.69, 9.17) is 4.84 Å². The molecule has 0 unspecified atom stereocenters. The number of rotatable bonds is 5. The smallest absolute Gasteiger partial charge is 0.0574 e. The van der Waals surface area contributed by atoms with Gasteiger partial charge in [0.1, 0.15) is 0 Å². The maximum atomic E-state index is 4.96. The summed E-state index contributed by atoms with van der Waals surface area (Å²) in [7, 11) is 3.58. The van der Waals surface area contributed by atoms with Gasteiger partial charge in [-0.05, 0) is 12.0 Å². The second kappa shape index (κ2) is 15.9. The zero-order valence-electron chi connectivity index (χ0n) is 15.4. The first-order valence-corrected chi connectivity index (χ1v) is 8.42. The number of nitrogens with zero attached hydrogens (tertiary/aromatic N) is 1. The van der Waals surface area contributed by atoms with Crippen LogP contribution < -0.4 is 0 Å². The van der Waals surface area contributed by atoms with E-state index in [1.54, 1.807) is 12.2 Å². The summed E-state index contributed by atoms with van der Waals surface area (Å²) >= 11 is 0. The molecule has 0 saturated carbocycles. The van der Waals surface area contributed by atoms with Crippen molar-refractivity contribution in [3.8, 4) is 0 Å². The summed E-state index contributed by atoms with van der Waals surface area (Å²) < 4.78 is 0. The summed E-state index contributed by atoms with van der Waals surface area (Å²) in [6, 6.07) is 28.8. The minimum atomic E-state index is 0. The fourth-order valence-corrected chi connectivity index (χ4v) is 2.10. The molecule has 3 aromatic rings. The van der Waals surface area contributed by atoms with Gasteiger partial charge in [-0.3, -0.25) is 0 Å². The van der Waals surface area contributed by atoms with Crippen LogP contribution in [0.25, 0.3) is 0 Å². The average Bonchev–Trinajstić information content (AvgIpc) is 3.33. The van der Waals surface area contributed by atoms with E-state index >= 15 is 0 Å². The fourth-order valence-electron chi connectivity index (χ4n) is 2.10. The van der Waals surface area contributed by atoms with Crippen molar-refractivity contribution in [2.24, 2.45) is 0 Å². The summed E-state index contributed by atoms with van der Waals surface area (Å²) in [6.07, 6.45) is 2.45. The number of hydrogen-bond acceptors (Lipinski definition) is 2. The summed E-state index contributed by atoms with van der Waals surface area (Å²) in [4.78, 5) is 4.96. The molecule has 0 spiro atoms. The second-order valence-corrected chi connectivity index (χ2v) is 5.46. The molecule has 0 atom stereocenters. The molecule has 0 N–H and O–H groups in total. The van der Waals surface area contributed by atoms with Crippen LogP contribution in [0.3, 0.4) is 0 Å². The number of hydrogen-bond donors (Lipinski definition) is 0. The molecule has 0 bridgehead atoms. The Balaban J connectivity index is 0.000000355. The second-order valence-electron chi connectivity index (χ2n) is 5.46. The van der Waals surface area contributed by atoms with Gasteiger partial charge in [0.2, 0.25) is 0 Å². The predicted octanol–water partition coefficient (Wildman–Crippen LogP) is 5.44. The molecule has 3 heteroatoms. The Labute approximate surface area is 163 Å². The monoisotopic (exact) mass is 379 g/mol. The van der Waals surface area contributed by atoms with Crippen LogP contribution in [0.15, 0.2) is 84.9 Å². The molecule has 0 aliphatic rings. The van der Waals surface area contributed by atoms with Crippen LogP contribution >= 0.6 is 0 Å². The van der Waals surface area contributed by atoms with Crippen LogP contribution in [0, 0.1) is 0 Å². The van der Waals surface area contributed by atoms with Crippen molar-refractivity contribution in [1.29, 1.82) is 0 Å². The molecule has 0 saturated heterocycles. The van der Waals surface area contributed by atoms with Crippen molar-refractivity contribution < 1.29 is 21.9 Å². The molecule has 0 aromatic heterocycles. The summed E-state index contributed by atoms with van der Waals surface area (Å²) in [5.41, 5.74) is 2.73. The first-order valence-electron chi connectivity index (χ1n) is 8.42. The molecule has 142 valence electrons. The average molecular weight is 379 g/mol. The largest absolute Gasteiger partial charge is 0.748 e. The van der Waals surface area contributed by atoms with Crippen LogP contribution in [0.2, 0.25) is 0 Å². The first-order chi connectivity index (χ1) is 11.8. The Hall–Kier alpha value is -1.64. The Morgan fingerprint density at radius 1 is 0.920 bits per heavy atom. The SMILES string of the molecule is CCCc1ccccc1.CON(C)C[c-]1cccc1.[Fe].[cH-]1[cH-][cH-][cH-][cH-]1. The molecule has 0 radical (unpaired) electrons. The molecule has 25 heavy (non-hydrogen) atoms. The van der Waals surface area contributed by atoms with Crippen molar-refractivity contribution in [2.45, 2.75) is 26.3 Å². The standard InChI is InChI=1S/C9H12.C8H12NO.C5H5.Fe/c1-2-6-9-7-4-3-5-8-9;1-9(10-2)7-8-5-3-4-6-8;1-2-4-5-3-1;/h3-5,7-8H,2,6H2,1H3;3-6H,7H2,1-2H3;1-5H;/q;-1;-5;. The third-order valence-electron chi connectivity index (χ3n) is 3.39. The van der Waals surface area contributed by atoms with E-state index in [0.29, 0.717) is 0 Å². The molecule has 3 aromatic carbocycles. The summed E-state index contributed by atoms with van der Waals surface area (Å²) in [5, 5.41) is 1.79. The summed E-state index contributed by atoms with van der Waals surface area (Å²) in [6.45, 7) is 3.05. The molecule has 2 nitrogen and oxygen atoms in total. The third-order valence-corrected chi connectivity index (χ3v) is 3.39. The third kappa shape index (κ3) is 12.4. The van der Waals surface area contributed by atoms with Gasteiger partial charge in [0.05, 0.1) is 7.11 Å². The van der Waals surface area contributed by atoms with Gasteiger partial charge in [0, 0.05) is 30.7 Å². The van der Waals surface area contributed by atoms with E-state index in [2.05, 4.69) is 49.4 Å². The van der Waals surface area contributed by atoms with E-state index in [1.165, 1.54) is 24.0 Å². The topological polar surface area (TPSA) is 12.5 Å². The van der Waals surface area contributed by atoms with Crippen molar-refractivity contribution in [2.75, 3.05) is 14.2 Å². The number of hydroxylamine groups is 2. The minimum absolute atomic E-state index is 0. The van der Waals surface area contributed by atoms with Crippen LogP contribution in [-0.2, 0) is 34.9 Å². The molecule has 0 aliphatic heterocycles. The normalized spacial score (nSPS) is 9.28. The van der Waals surface area contributed by atoms with Crippen molar-refractivity contribution in [3.05, 3.63) is 96.1 Å². The van der Waals surface area contributed by atoms with Gasteiger partial charge >= 0.3 is 0 Å². The molecule has 0 amide bonds. The van der Waals surface area contributed by atoms with Crippen molar-refractivity contribution in [3.63, 3.8) is 0 Å². The fraction of sp³-hybridized carbons (Fsp3) is 0.273. The predicted molar refractivity (Wildman–Crippen MR) is 103 cm³/mol. The van der Waals surface area contributed by atoms with E-state index < -0.39 is 0 Å². The zero-order chi connectivity index (χ0) is 17.5. The van der Waals surface area contributed by atoms with Gasteiger partial charge in [0.25, 0.3) is 0 Å². The Kier molecular flexibility index (Phi) is 14.8. The van der Waals surface area contributed by atoms with Gasteiger partial charge < -0.3 is 35.2 Å². The van der Waals surface area contributed by atoms with E-state index in [0.717, 1.165) is 6.54 Å². The van der Waals surface area contributed by atoms with Gasteiger partial charge in [-0.2, -0.15) is 12.1 Å². The maximum absolute atomic E-state index is 4.96. The zero-order valence-corrected chi connectivity index (χ0v) is 16.5. The summed E-state index contributed by atoms with van der Waals surface area (Å²) in [5.74, 6) is 0. The van der Waals surface area contributed by atoms with Gasteiger partial charge in [-0.1, -0.05) is 43.7 Å². The maximum Gasteiger partial charge on any atom is 0.0574 e. The van der Waals surface area contributed by atoms with Crippen molar-refractivity contribution >= 4 is 0 Å². The number of benzene rings is 1. The first kappa shape index (κ1) is 23.4.